The second-order valence-corrected chi connectivity index (χ2v) is 3.91. The van der Waals surface area contributed by atoms with Gasteiger partial charge in [0, 0.05) is 11.8 Å². The molecule has 1 aromatic carbocycles. The lowest BCUT2D eigenvalue weighted by Gasteiger charge is -2.05. The maximum atomic E-state index is 12.0. The minimum atomic E-state index is -0.160. The summed E-state index contributed by atoms with van der Waals surface area (Å²) < 4.78 is 0. The van der Waals surface area contributed by atoms with E-state index in [1.165, 1.54) is 0 Å². The number of hydrogen-bond donors (Lipinski definition) is 2. The van der Waals surface area contributed by atoms with Gasteiger partial charge in [-0.2, -0.15) is 0 Å². The molecule has 4 heteroatoms. The van der Waals surface area contributed by atoms with E-state index >= 15 is 0 Å². The lowest BCUT2D eigenvalue weighted by molar-refractivity contribution is 0.102. The van der Waals surface area contributed by atoms with Gasteiger partial charge in [0.2, 0.25) is 0 Å². The number of anilines is 1. The van der Waals surface area contributed by atoms with Crippen LogP contribution in [-0.2, 0) is 6.42 Å². The number of carbonyl (C=O) groups is 1. The molecule has 3 N–H and O–H groups in total. The number of amides is 1. The molecule has 2 rings (SSSR count). The fourth-order valence-corrected chi connectivity index (χ4v) is 1.66. The zero-order valence-corrected chi connectivity index (χ0v) is 9.97. The van der Waals surface area contributed by atoms with E-state index in [2.05, 4.69) is 10.3 Å². The van der Waals surface area contributed by atoms with Gasteiger partial charge in [-0.3, -0.25) is 4.79 Å². The SMILES string of the molecule is NCCc1cccc(C(=O)Nc2ccccn2)c1. The molecule has 0 fully saturated rings. The zero-order chi connectivity index (χ0) is 12.8. The predicted octanol–water partition coefficient (Wildman–Crippen LogP) is 1.84. The molecule has 0 aliphatic carbocycles. The van der Waals surface area contributed by atoms with Crippen molar-refractivity contribution in [3.63, 3.8) is 0 Å². The molecule has 0 saturated heterocycles. The van der Waals surface area contributed by atoms with E-state index in [1.54, 1.807) is 24.4 Å². The Labute approximate surface area is 106 Å². The Morgan fingerprint density at radius 1 is 1.22 bits per heavy atom. The van der Waals surface area contributed by atoms with Crippen molar-refractivity contribution in [1.29, 1.82) is 0 Å². The van der Waals surface area contributed by atoms with Gasteiger partial charge in [0.15, 0.2) is 0 Å². The van der Waals surface area contributed by atoms with Crippen molar-refractivity contribution in [2.24, 2.45) is 5.73 Å². The second kappa shape index (κ2) is 5.93. The summed E-state index contributed by atoms with van der Waals surface area (Å²) >= 11 is 0. The Bertz CT molecular complexity index is 526. The van der Waals surface area contributed by atoms with Crippen LogP contribution in [0, 0.1) is 0 Å². The first-order chi connectivity index (χ1) is 8.79. The molecule has 0 bridgehead atoms. The highest BCUT2D eigenvalue weighted by molar-refractivity contribution is 6.03. The monoisotopic (exact) mass is 241 g/mol. The van der Waals surface area contributed by atoms with Crippen LogP contribution in [0.5, 0.6) is 0 Å². The van der Waals surface area contributed by atoms with Gasteiger partial charge < -0.3 is 11.1 Å². The van der Waals surface area contributed by atoms with E-state index in [4.69, 9.17) is 5.73 Å². The van der Waals surface area contributed by atoms with E-state index in [1.807, 2.05) is 24.3 Å². The molecule has 1 heterocycles. The highest BCUT2D eigenvalue weighted by Gasteiger charge is 2.06. The van der Waals surface area contributed by atoms with Crippen molar-refractivity contribution in [1.82, 2.24) is 4.98 Å². The maximum Gasteiger partial charge on any atom is 0.256 e. The third kappa shape index (κ3) is 3.15. The summed E-state index contributed by atoms with van der Waals surface area (Å²) in [5.41, 5.74) is 7.18. The van der Waals surface area contributed by atoms with Crippen LogP contribution >= 0.6 is 0 Å². The fourth-order valence-electron chi connectivity index (χ4n) is 1.66. The first-order valence-electron chi connectivity index (χ1n) is 5.81. The van der Waals surface area contributed by atoms with E-state index in [9.17, 15) is 4.79 Å². The second-order valence-electron chi connectivity index (χ2n) is 3.91. The van der Waals surface area contributed by atoms with E-state index < -0.39 is 0 Å². The molecule has 0 spiro atoms. The number of pyridine rings is 1. The first-order valence-corrected chi connectivity index (χ1v) is 5.81. The molecule has 0 atom stereocenters. The smallest absolute Gasteiger partial charge is 0.256 e. The Balaban J connectivity index is 2.11. The number of carbonyl (C=O) groups excluding carboxylic acids is 1. The first kappa shape index (κ1) is 12.3. The number of aromatic nitrogens is 1. The normalized spacial score (nSPS) is 10.1. The molecule has 18 heavy (non-hydrogen) atoms. The Morgan fingerprint density at radius 3 is 2.83 bits per heavy atom. The van der Waals surface area contributed by atoms with Gasteiger partial charge in [0.25, 0.3) is 5.91 Å². The minimum Gasteiger partial charge on any atom is -0.330 e. The molecule has 1 aromatic heterocycles. The third-order valence-electron chi connectivity index (χ3n) is 2.53. The Hall–Kier alpha value is -2.20. The van der Waals surface area contributed by atoms with E-state index in [0.29, 0.717) is 17.9 Å². The predicted molar refractivity (Wildman–Crippen MR) is 71.4 cm³/mol. The fraction of sp³-hybridized carbons (Fsp3) is 0.143. The highest BCUT2D eigenvalue weighted by Crippen LogP contribution is 2.08. The molecule has 0 radical (unpaired) electrons. The number of hydrogen-bond acceptors (Lipinski definition) is 3. The Kier molecular flexibility index (Phi) is 4.04. The molecule has 2 aromatic rings. The van der Waals surface area contributed by atoms with Crippen molar-refractivity contribution in [2.45, 2.75) is 6.42 Å². The summed E-state index contributed by atoms with van der Waals surface area (Å²) in [4.78, 5) is 16.0. The van der Waals surface area contributed by atoms with Crippen LogP contribution < -0.4 is 11.1 Å². The number of nitrogens with one attached hydrogen (secondary N) is 1. The molecule has 0 aliphatic heterocycles. The van der Waals surface area contributed by atoms with Gasteiger partial charge in [0.1, 0.15) is 5.82 Å². The van der Waals surface area contributed by atoms with Crippen LogP contribution in [-0.4, -0.2) is 17.4 Å². The summed E-state index contributed by atoms with van der Waals surface area (Å²) in [7, 11) is 0. The average molecular weight is 241 g/mol. The number of nitrogens with zero attached hydrogens (tertiary/aromatic N) is 1. The summed E-state index contributed by atoms with van der Waals surface area (Å²) in [6, 6.07) is 12.8. The van der Waals surface area contributed by atoms with Crippen molar-refractivity contribution in [2.75, 3.05) is 11.9 Å². The van der Waals surface area contributed by atoms with Crippen LogP contribution in [0.4, 0.5) is 5.82 Å². The van der Waals surface area contributed by atoms with Crippen molar-refractivity contribution in [3.05, 3.63) is 59.8 Å². The Morgan fingerprint density at radius 2 is 2.11 bits per heavy atom. The number of benzene rings is 1. The highest BCUT2D eigenvalue weighted by atomic mass is 16.1. The summed E-state index contributed by atoms with van der Waals surface area (Å²) in [5.74, 6) is 0.388. The van der Waals surface area contributed by atoms with Gasteiger partial charge in [0.05, 0.1) is 0 Å². The molecule has 0 unspecified atom stereocenters. The largest absolute Gasteiger partial charge is 0.330 e. The van der Waals surface area contributed by atoms with Gasteiger partial charge in [-0.1, -0.05) is 18.2 Å². The van der Waals surface area contributed by atoms with Crippen molar-refractivity contribution < 1.29 is 4.79 Å². The van der Waals surface area contributed by atoms with Crippen LogP contribution in [0.25, 0.3) is 0 Å². The summed E-state index contributed by atoms with van der Waals surface area (Å²) in [5, 5.41) is 2.75. The average Bonchev–Trinajstić information content (AvgIpc) is 2.40. The zero-order valence-electron chi connectivity index (χ0n) is 9.97. The van der Waals surface area contributed by atoms with Gasteiger partial charge in [-0.15, -0.1) is 0 Å². The topological polar surface area (TPSA) is 68.0 Å². The molecular weight excluding hydrogens is 226 g/mol. The lowest BCUT2D eigenvalue weighted by Crippen LogP contribution is -2.13. The van der Waals surface area contributed by atoms with E-state index in [-0.39, 0.29) is 5.91 Å². The van der Waals surface area contributed by atoms with Crippen LogP contribution in [0.2, 0.25) is 0 Å². The molecule has 92 valence electrons. The number of nitrogens with two attached hydrogens (primary N) is 1. The molecule has 1 amide bonds. The third-order valence-corrected chi connectivity index (χ3v) is 2.53. The summed E-state index contributed by atoms with van der Waals surface area (Å²) in [6.45, 7) is 0.575. The van der Waals surface area contributed by atoms with Gasteiger partial charge in [-0.05, 0) is 42.8 Å². The van der Waals surface area contributed by atoms with Crippen molar-refractivity contribution in [3.8, 4) is 0 Å². The van der Waals surface area contributed by atoms with Crippen LogP contribution in [0.15, 0.2) is 48.7 Å². The lowest BCUT2D eigenvalue weighted by atomic mass is 10.1. The van der Waals surface area contributed by atoms with Gasteiger partial charge >= 0.3 is 0 Å². The van der Waals surface area contributed by atoms with Crippen LogP contribution in [0.1, 0.15) is 15.9 Å². The van der Waals surface area contributed by atoms with Crippen molar-refractivity contribution >= 4 is 11.7 Å². The maximum absolute atomic E-state index is 12.0. The van der Waals surface area contributed by atoms with Gasteiger partial charge in [-0.25, -0.2) is 4.98 Å². The minimum absolute atomic E-state index is 0.160. The summed E-state index contributed by atoms with van der Waals surface area (Å²) in [6.07, 6.45) is 2.41. The standard InChI is InChI=1S/C14H15N3O/c15-8-7-11-4-3-5-12(10-11)14(18)17-13-6-1-2-9-16-13/h1-6,9-10H,7-8,15H2,(H,16,17,18). The molecule has 0 saturated carbocycles. The molecule has 0 aliphatic rings. The van der Waals surface area contributed by atoms with Crippen LogP contribution in [0.3, 0.4) is 0 Å². The number of rotatable bonds is 4. The van der Waals surface area contributed by atoms with E-state index in [0.717, 1.165) is 12.0 Å². The molecule has 4 nitrogen and oxygen atoms in total. The molecular formula is C14H15N3O. The quantitative estimate of drug-likeness (QED) is 0.858.